The quantitative estimate of drug-likeness (QED) is 0.119. The van der Waals surface area contributed by atoms with Gasteiger partial charge in [0.2, 0.25) is 0 Å². The highest BCUT2D eigenvalue weighted by molar-refractivity contribution is 7.80. The van der Waals surface area contributed by atoms with Crippen LogP contribution in [0.15, 0.2) is 96.7 Å². The molecular formula is C36H36N2O6S. The Kier molecular flexibility index (Phi) is 10.2. The lowest BCUT2D eigenvalue weighted by Crippen LogP contribution is -2.35. The first-order valence-electron chi connectivity index (χ1n) is 14.5. The zero-order chi connectivity index (χ0) is 31.8. The van der Waals surface area contributed by atoms with Gasteiger partial charge in [-0.15, -0.1) is 0 Å². The van der Waals surface area contributed by atoms with Crippen molar-refractivity contribution in [2.75, 3.05) is 41.5 Å². The van der Waals surface area contributed by atoms with Crippen LogP contribution in [0.5, 0.6) is 34.5 Å². The SMILES string of the molecule is COc1ccc(CCN2C(=O)/C(=C\c3cccc(Oc4ccccc4)c3)N(CCc3ccc(OC)c(OC)c3)C2=S)cc1OC. The van der Waals surface area contributed by atoms with Crippen LogP contribution in [0.25, 0.3) is 6.08 Å². The maximum absolute atomic E-state index is 14.0. The van der Waals surface area contributed by atoms with Gasteiger partial charge in [0.05, 0.1) is 28.4 Å². The third kappa shape index (κ3) is 7.38. The largest absolute Gasteiger partial charge is 0.493 e. The molecule has 5 rings (SSSR count). The van der Waals surface area contributed by atoms with Crippen LogP contribution in [-0.2, 0) is 17.6 Å². The molecule has 0 aromatic heterocycles. The Labute approximate surface area is 269 Å². The van der Waals surface area contributed by atoms with Crippen molar-refractivity contribution in [1.82, 2.24) is 9.80 Å². The van der Waals surface area contributed by atoms with Gasteiger partial charge in [0, 0.05) is 13.1 Å². The molecule has 1 saturated heterocycles. The van der Waals surface area contributed by atoms with Crippen molar-refractivity contribution >= 4 is 29.3 Å². The summed E-state index contributed by atoms with van der Waals surface area (Å²) in [7, 11) is 6.43. The number of rotatable bonds is 13. The number of amides is 1. The van der Waals surface area contributed by atoms with E-state index in [1.807, 2.05) is 102 Å². The second-order valence-corrected chi connectivity index (χ2v) is 10.7. The average Bonchev–Trinajstić information content (AvgIpc) is 3.29. The molecule has 0 spiro atoms. The molecule has 1 fully saturated rings. The minimum absolute atomic E-state index is 0.151. The van der Waals surface area contributed by atoms with Crippen molar-refractivity contribution in [2.24, 2.45) is 0 Å². The Morgan fingerprint density at radius 2 is 1.18 bits per heavy atom. The summed E-state index contributed by atoms with van der Waals surface area (Å²) in [6.07, 6.45) is 3.09. The lowest BCUT2D eigenvalue weighted by Gasteiger charge is -2.21. The molecule has 0 radical (unpaired) electrons. The first kappa shape index (κ1) is 31.4. The molecule has 4 aromatic carbocycles. The fraction of sp³-hybridized carbons (Fsp3) is 0.222. The average molecular weight is 625 g/mol. The topological polar surface area (TPSA) is 69.7 Å². The summed E-state index contributed by atoms with van der Waals surface area (Å²) in [6.45, 7) is 0.910. The van der Waals surface area contributed by atoms with Crippen LogP contribution in [-0.4, -0.2) is 62.3 Å². The van der Waals surface area contributed by atoms with Gasteiger partial charge < -0.3 is 28.6 Å². The van der Waals surface area contributed by atoms with Gasteiger partial charge in [-0.05, 0) is 96.4 Å². The van der Waals surface area contributed by atoms with E-state index in [9.17, 15) is 4.79 Å². The summed E-state index contributed by atoms with van der Waals surface area (Å²) in [6, 6.07) is 28.8. The Morgan fingerprint density at radius 1 is 0.622 bits per heavy atom. The Bertz CT molecular complexity index is 1690. The van der Waals surface area contributed by atoms with E-state index in [1.54, 1.807) is 33.3 Å². The second kappa shape index (κ2) is 14.6. The van der Waals surface area contributed by atoms with Crippen LogP contribution in [0.3, 0.4) is 0 Å². The summed E-state index contributed by atoms with van der Waals surface area (Å²) in [4.78, 5) is 17.5. The van der Waals surface area contributed by atoms with E-state index < -0.39 is 0 Å². The molecule has 9 heteroatoms. The summed E-state index contributed by atoms with van der Waals surface area (Å²) in [5.74, 6) is 3.86. The Balaban J connectivity index is 1.41. The fourth-order valence-electron chi connectivity index (χ4n) is 5.15. The van der Waals surface area contributed by atoms with E-state index in [2.05, 4.69) is 0 Å². The molecule has 8 nitrogen and oxygen atoms in total. The number of methoxy groups -OCH3 is 4. The van der Waals surface area contributed by atoms with Crippen LogP contribution in [0.1, 0.15) is 16.7 Å². The van der Waals surface area contributed by atoms with Gasteiger partial charge in [0.1, 0.15) is 17.2 Å². The number of ether oxygens (including phenoxy) is 5. The van der Waals surface area contributed by atoms with E-state index >= 15 is 0 Å². The van der Waals surface area contributed by atoms with E-state index in [1.165, 1.54) is 0 Å². The van der Waals surface area contributed by atoms with Crippen LogP contribution < -0.4 is 23.7 Å². The highest BCUT2D eigenvalue weighted by atomic mass is 32.1. The molecule has 0 N–H and O–H groups in total. The number of nitrogens with zero attached hydrogens (tertiary/aromatic N) is 2. The minimum Gasteiger partial charge on any atom is -0.493 e. The third-order valence-electron chi connectivity index (χ3n) is 7.50. The molecule has 232 valence electrons. The van der Waals surface area contributed by atoms with Gasteiger partial charge in [-0.3, -0.25) is 9.69 Å². The summed E-state index contributed by atoms with van der Waals surface area (Å²) in [5.41, 5.74) is 3.37. The first-order valence-corrected chi connectivity index (χ1v) is 14.9. The number of benzene rings is 4. The van der Waals surface area contributed by atoms with Crippen molar-refractivity contribution in [3.05, 3.63) is 113 Å². The number of para-hydroxylation sites is 1. The standard InChI is InChI=1S/C36H36N2O6S/c1-40-31-15-13-25(23-33(31)42-3)17-19-37-30(22-27-9-8-12-29(21-27)44-28-10-6-5-7-11-28)35(39)38(36(37)45)20-18-26-14-16-32(41-2)34(24-26)43-4/h5-16,21-24H,17-20H2,1-4H3/b30-22+. The molecule has 1 aliphatic rings. The molecule has 0 saturated carbocycles. The molecule has 1 aliphatic heterocycles. The Morgan fingerprint density at radius 3 is 1.76 bits per heavy atom. The zero-order valence-electron chi connectivity index (χ0n) is 25.8. The molecule has 0 aliphatic carbocycles. The lowest BCUT2D eigenvalue weighted by molar-refractivity contribution is -0.122. The number of carbonyl (C=O) groups excluding carboxylic acids is 1. The first-order chi connectivity index (χ1) is 21.9. The molecule has 1 amide bonds. The van der Waals surface area contributed by atoms with Crippen LogP contribution in [0.2, 0.25) is 0 Å². The normalized spacial score (nSPS) is 13.7. The zero-order valence-corrected chi connectivity index (χ0v) is 26.6. The van der Waals surface area contributed by atoms with Crippen molar-refractivity contribution in [1.29, 1.82) is 0 Å². The van der Waals surface area contributed by atoms with Crippen molar-refractivity contribution < 1.29 is 28.5 Å². The summed E-state index contributed by atoms with van der Waals surface area (Å²) in [5, 5.41) is 0.462. The Hall–Kier alpha value is -5.02. The van der Waals surface area contributed by atoms with Gasteiger partial charge in [0.25, 0.3) is 5.91 Å². The number of thiocarbonyl (C=S) groups is 1. The molecule has 4 aromatic rings. The van der Waals surface area contributed by atoms with Crippen LogP contribution >= 0.6 is 12.2 Å². The smallest absolute Gasteiger partial charge is 0.276 e. The van der Waals surface area contributed by atoms with E-state index in [0.29, 0.717) is 65.5 Å². The highest BCUT2D eigenvalue weighted by Gasteiger charge is 2.37. The number of hydrogen-bond acceptors (Lipinski definition) is 7. The molecule has 1 heterocycles. The van der Waals surface area contributed by atoms with Crippen LogP contribution in [0.4, 0.5) is 0 Å². The van der Waals surface area contributed by atoms with E-state index in [-0.39, 0.29) is 5.91 Å². The second-order valence-electron chi connectivity index (χ2n) is 10.3. The van der Waals surface area contributed by atoms with E-state index in [4.69, 9.17) is 35.9 Å². The van der Waals surface area contributed by atoms with Crippen LogP contribution in [0, 0.1) is 0 Å². The van der Waals surface area contributed by atoms with Crippen molar-refractivity contribution in [3.8, 4) is 34.5 Å². The number of hydrogen-bond donors (Lipinski definition) is 0. The number of carbonyl (C=O) groups is 1. The van der Waals surface area contributed by atoms with Gasteiger partial charge in [-0.25, -0.2) is 0 Å². The lowest BCUT2D eigenvalue weighted by atomic mass is 10.1. The highest BCUT2D eigenvalue weighted by Crippen LogP contribution is 2.31. The van der Waals surface area contributed by atoms with Gasteiger partial charge in [-0.2, -0.15) is 0 Å². The molecule has 0 unspecified atom stereocenters. The predicted molar refractivity (Wildman–Crippen MR) is 178 cm³/mol. The third-order valence-corrected chi connectivity index (χ3v) is 7.94. The minimum atomic E-state index is -0.151. The van der Waals surface area contributed by atoms with E-state index in [0.717, 1.165) is 22.4 Å². The predicted octanol–water partition coefficient (Wildman–Crippen LogP) is 6.77. The molecule has 0 bridgehead atoms. The fourth-order valence-corrected chi connectivity index (χ4v) is 5.51. The molecule has 0 atom stereocenters. The van der Waals surface area contributed by atoms with Gasteiger partial charge in [0.15, 0.2) is 28.1 Å². The summed E-state index contributed by atoms with van der Waals surface area (Å²) >= 11 is 5.93. The van der Waals surface area contributed by atoms with Gasteiger partial charge in [-0.1, -0.05) is 42.5 Å². The maximum Gasteiger partial charge on any atom is 0.276 e. The molecular weight excluding hydrogens is 588 g/mol. The van der Waals surface area contributed by atoms with Crippen molar-refractivity contribution in [2.45, 2.75) is 12.8 Å². The van der Waals surface area contributed by atoms with Crippen molar-refractivity contribution in [3.63, 3.8) is 0 Å². The maximum atomic E-state index is 14.0. The van der Waals surface area contributed by atoms with Gasteiger partial charge >= 0.3 is 0 Å². The monoisotopic (exact) mass is 624 g/mol. The summed E-state index contributed by atoms with van der Waals surface area (Å²) < 4.78 is 27.8. The molecule has 45 heavy (non-hydrogen) atoms.